The lowest BCUT2D eigenvalue weighted by Gasteiger charge is -2.29. The molecule has 1 aliphatic rings. The third kappa shape index (κ3) is 3.49. The molecule has 1 aromatic rings. The Morgan fingerprint density at radius 3 is 2.57 bits per heavy atom. The fourth-order valence-corrected chi connectivity index (χ4v) is 3.43. The average molecular weight is 290 g/mol. The molecule has 4 nitrogen and oxygen atoms in total. The Labute approximate surface area is 127 Å². The lowest BCUT2D eigenvalue weighted by Crippen LogP contribution is -2.35. The second-order valence-corrected chi connectivity index (χ2v) is 6.50. The van der Waals surface area contributed by atoms with E-state index in [1.54, 1.807) is 19.2 Å². The minimum absolute atomic E-state index is 0.137. The number of amides is 1. The molecule has 0 spiro atoms. The van der Waals surface area contributed by atoms with E-state index in [1.165, 1.54) is 0 Å². The normalized spacial score (nSPS) is 17.0. The van der Waals surface area contributed by atoms with Gasteiger partial charge in [-0.05, 0) is 43.4 Å². The second-order valence-electron chi connectivity index (χ2n) is 6.50. The van der Waals surface area contributed by atoms with E-state index in [2.05, 4.69) is 19.2 Å². The molecule has 0 radical (unpaired) electrons. The van der Waals surface area contributed by atoms with E-state index in [9.17, 15) is 4.79 Å². The summed E-state index contributed by atoms with van der Waals surface area (Å²) in [4.78, 5) is 12.8. The number of rotatable bonds is 5. The SMILES string of the molecule is COc1ccc(NC(=O)C2(CC(C)C)CCCC2)cc1N. The molecule has 0 aromatic heterocycles. The third-order valence-corrected chi connectivity index (χ3v) is 4.33. The fraction of sp³-hybridized carbons (Fsp3) is 0.588. The topological polar surface area (TPSA) is 64.3 Å². The lowest BCUT2D eigenvalue weighted by molar-refractivity contribution is -0.126. The number of anilines is 2. The van der Waals surface area contributed by atoms with Crippen molar-refractivity contribution < 1.29 is 9.53 Å². The van der Waals surface area contributed by atoms with Crippen molar-refractivity contribution in [1.82, 2.24) is 0 Å². The average Bonchev–Trinajstić information content (AvgIpc) is 2.88. The summed E-state index contributed by atoms with van der Waals surface area (Å²) in [6.45, 7) is 4.36. The van der Waals surface area contributed by atoms with Gasteiger partial charge < -0.3 is 15.8 Å². The van der Waals surface area contributed by atoms with Gasteiger partial charge in [-0.25, -0.2) is 0 Å². The summed E-state index contributed by atoms with van der Waals surface area (Å²) >= 11 is 0. The van der Waals surface area contributed by atoms with Crippen molar-refractivity contribution in [3.8, 4) is 5.75 Å². The molecular weight excluding hydrogens is 264 g/mol. The number of benzene rings is 1. The van der Waals surface area contributed by atoms with Crippen molar-refractivity contribution in [2.45, 2.75) is 46.0 Å². The van der Waals surface area contributed by atoms with Gasteiger partial charge in [0.25, 0.3) is 0 Å². The summed E-state index contributed by atoms with van der Waals surface area (Å²) < 4.78 is 5.14. The van der Waals surface area contributed by atoms with Crippen LogP contribution in [0.1, 0.15) is 46.0 Å². The standard InChI is InChI=1S/C17H26N2O2/c1-12(2)11-17(8-4-5-9-17)16(20)19-13-6-7-15(21-3)14(18)10-13/h6-7,10,12H,4-5,8-9,11,18H2,1-3H3,(H,19,20). The predicted molar refractivity (Wildman–Crippen MR) is 86.4 cm³/mol. The van der Waals surface area contributed by atoms with E-state index >= 15 is 0 Å². The van der Waals surface area contributed by atoms with Gasteiger partial charge in [-0.1, -0.05) is 26.7 Å². The zero-order chi connectivity index (χ0) is 15.5. The van der Waals surface area contributed by atoms with Crippen LogP contribution in [0.3, 0.4) is 0 Å². The summed E-state index contributed by atoms with van der Waals surface area (Å²) in [7, 11) is 1.58. The van der Waals surface area contributed by atoms with E-state index < -0.39 is 0 Å². The van der Waals surface area contributed by atoms with Crippen LogP contribution in [0, 0.1) is 11.3 Å². The largest absolute Gasteiger partial charge is 0.495 e. The predicted octanol–water partition coefficient (Wildman–Crippen LogP) is 3.82. The zero-order valence-electron chi connectivity index (χ0n) is 13.2. The molecule has 1 aliphatic carbocycles. The molecule has 1 aromatic carbocycles. The zero-order valence-corrected chi connectivity index (χ0v) is 13.2. The Hall–Kier alpha value is -1.71. The number of nitrogens with one attached hydrogen (secondary N) is 1. The molecule has 116 valence electrons. The van der Waals surface area contributed by atoms with Gasteiger partial charge >= 0.3 is 0 Å². The molecule has 2 rings (SSSR count). The van der Waals surface area contributed by atoms with Crippen molar-refractivity contribution in [3.05, 3.63) is 18.2 Å². The van der Waals surface area contributed by atoms with Gasteiger partial charge in [0.05, 0.1) is 12.8 Å². The quantitative estimate of drug-likeness (QED) is 0.810. The summed E-state index contributed by atoms with van der Waals surface area (Å²) in [5.41, 5.74) is 6.98. The van der Waals surface area contributed by atoms with Crippen LogP contribution in [0.5, 0.6) is 5.75 Å². The number of carbonyl (C=O) groups excluding carboxylic acids is 1. The highest BCUT2D eigenvalue weighted by molar-refractivity contribution is 5.96. The van der Waals surface area contributed by atoms with Gasteiger partial charge in [0.2, 0.25) is 5.91 Å². The lowest BCUT2D eigenvalue weighted by atomic mass is 9.77. The minimum Gasteiger partial charge on any atom is -0.495 e. The van der Waals surface area contributed by atoms with Crippen LogP contribution in [-0.4, -0.2) is 13.0 Å². The highest BCUT2D eigenvalue weighted by Crippen LogP contribution is 2.44. The first kappa shape index (κ1) is 15.7. The number of hydrogen-bond donors (Lipinski definition) is 2. The summed E-state index contributed by atoms with van der Waals surface area (Å²) in [5, 5.41) is 3.05. The number of hydrogen-bond acceptors (Lipinski definition) is 3. The number of nitrogen functional groups attached to an aromatic ring is 1. The van der Waals surface area contributed by atoms with Gasteiger partial charge in [-0.15, -0.1) is 0 Å². The molecule has 0 unspecified atom stereocenters. The van der Waals surface area contributed by atoms with Gasteiger partial charge in [-0.3, -0.25) is 4.79 Å². The maximum absolute atomic E-state index is 12.8. The molecule has 1 fully saturated rings. The van der Waals surface area contributed by atoms with Crippen molar-refractivity contribution in [1.29, 1.82) is 0 Å². The molecule has 4 heteroatoms. The van der Waals surface area contributed by atoms with Gasteiger partial charge in [-0.2, -0.15) is 0 Å². The highest BCUT2D eigenvalue weighted by Gasteiger charge is 2.41. The van der Waals surface area contributed by atoms with E-state index in [-0.39, 0.29) is 11.3 Å². The molecular formula is C17H26N2O2. The van der Waals surface area contributed by atoms with E-state index in [0.29, 0.717) is 17.4 Å². The minimum atomic E-state index is -0.205. The van der Waals surface area contributed by atoms with Crippen molar-refractivity contribution in [3.63, 3.8) is 0 Å². The molecule has 21 heavy (non-hydrogen) atoms. The molecule has 0 saturated heterocycles. The van der Waals surface area contributed by atoms with Crippen LogP contribution in [0.4, 0.5) is 11.4 Å². The molecule has 1 amide bonds. The van der Waals surface area contributed by atoms with Crippen molar-refractivity contribution >= 4 is 17.3 Å². The van der Waals surface area contributed by atoms with E-state index in [4.69, 9.17) is 10.5 Å². The highest BCUT2D eigenvalue weighted by atomic mass is 16.5. The molecule has 0 bridgehead atoms. The number of ether oxygens (including phenoxy) is 1. The Morgan fingerprint density at radius 1 is 1.38 bits per heavy atom. The molecule has 1 saturated carbocycles. The monoisotopic (exact) mass is 290 g/mol. The second kappa shape index (κ2) is 6.37. The number of methoxy groups -OCH3 is 1. The summed E-state index contributed by atoms with van der Waals surface area (Å²) in [6.07, 6.45) is 5.21. The Morgan fingerprint density at radius 2 is 2.05 bits per heavy atom. The van der Waals surface area contributed by atoms with Crippen LogP contribution >= 0.6 is 0 Å². The third-order valence-electron chi connectivity index (χ3n) is 4.33. The Kier molecular flexibility index (Phi) is 4.76. The van der Waals surface area contributed by atoms with Crippen molar-refractivity contribution in [2.75, 3.05) is 18.2 Å². The van der Waals surface area contributed by atoms with E-state index in [0.717, 1.165) is 37.8 Å². The summed E-state index contributed by atoms with van der Waals surface area (Å²) in [6, 6.07) is 5.38. The maximum Gasteiger partial charge on any atom is 0.230 e. The smallest absolute Gasteiger partial charge is 0.230 e. The first-order valence-electron chi connectivity index (χ1n) is 7.72. The van der Waals surface area contributed by atoms with Crippen LogP contribution in [0.25, 0.3) is 0 Å². The van der Waals surface area contributed by atoms with E-state index in [1.807, 2.05) is 6.07 Å². The number of carbonyl (C=O) groups is 1. The summed E-state index contributed by atoms with van der Waals surface area (Å²) in [5.74, 6) is 1.29. The van der Waals surface area contributed by atoms with Gasteiger partial charge in [0, 0.05) is 11.1 Å². The molecule has 0 atom stereocenters. The van der Waals surface area contributed by atoms with Crippen LogP contribution in [0.15, 0.2) is 18.2 Å². The van der Waals surface area contributed by atoms with Gasteiger partial charge in [0.15, 0.2) is 0 Å². The van der Waals surface area contributed by atoms with Gasteiger partial charge in [0.1, 0.15) is 5.75 Å². The molecule has 0 aliphatic heterocycles. The Balaban J connectivity index is 2.13. The number of nitrogens with two attached hydrogens (primary N) is 1. The maximum atomic E-state index is 12.8. The molecule has 0 heterocycles. The Bertz CT molecular complexity index is 506. The van der Waals surface area contributed by atoms with Crippen LogP contribution < -0.4 is 15.8 Å². The van der Waals surface area contributed by atoms with Crippen LogP contribution in [0.2, 0.25) is 0 Å². The first-order chi connectivity index (χ1) is 9.97. The fourth-order valence-electron chi connectivity index (χ4n) is 3.43. The van der Waals surface area contributed by atoms with Crippen molar-refractivity contribution in [2.24, 2.45) is 11.3 Å². The first-order valence-corrected chi connectivity index (χ1v) is 7.72. The molecule has 3 N–H and O–H groups in total. The van der Waals surface area contributed by atoms with Crippen LogP contribution in [-0.2, 0) is 4.79 Å².